The number of furan rings is 2. The minimum atomic E-state index is 0. The summed E-state index contributed by atoms with van der Waals surface area (Å²) in [7, 11) is 0. The molecule has 170 valence electrons. The Labute approximate surface area is 189 Å². The average Bonchev–Trinajstić information content (AvgIpc) is 3.48. The van der Waals surface area contributed by atoms with Crippen LogP contribution in [-0.4, -0.2) is 0 Å². The normalized spacial score (nSPS) is 8.07. The fourth-order valence-electron chi connectivity index (χ4n) is 1.49. The summed E-state index contributed by atoms with van der Waals surface area (Å²) in [5, 5.41) is 4.16. The molecular formula is C22H38N4O2S2. The molecule has 0 aliphatic rings. The lowest BCUT2D eigenvalue weighted by Gasteiger charge is -1.80. The van der Waals surface area contributed by atoms with Crippen molar-refractivity contribution < 1.29 is 8.83 Å². The molecule has 30 heavy (non-hydrogen) atoms. The van der Waals surface area contributed by atoms with Crippen LogP contribution in [0.3, 0.4) is 0 Å². The van der Waals surface area contributed by atoms with Gasteiger partial charge in [0.25, 0.3) is 0 Å². The highest BCUT2D eigenvalue weighted by molar-refractivity contribution is 7.10. The lowest BCUT2D eigenvalue weighted by Crippen LogP contribution is -1.80. The van der Waals surface area contributed by atoms with Crippen molar-refractivity contribution in [2.24, 2.45) is 0 Å². The second kappa shape index (κ2) is 19.8. The summed E-state index contributed by atoms with van der Waals surface area (Å²) in [6.07, 6.45) is 3.15. The first-order chi connectivity index (χ1) is 13.4. The molecule has 6 nitrogen and oxygen atoms in total. The number of anilines is 2. The molecule has 0 atom stereocenters. The third-order valence-corrected chi connectivity index (χ3v) is 4.73. The van der Waals surface area contributed by atoms with Crippen LogP contribution in [0.5, 0.6) is 0 Å². The summed E-state index contributed by atoms with van der Waals surface area (Å²) in [6, 6.07) is 12.0. The minimum absolute atomic E-state index is 0. The van der Waals surface area contributed by atoms with Gasteiger partial charge in [-0.1, -0.05) is 26.0 Å². The van der Waals surface area contributed by atoms with E-state index in [0.717, 1.165) is 11.1 Å². The van der Waals surface area contributed by atoms with Crippen LogP contribution in [0.2, 0.25) is 0 Å². The Morgan fingerprint density at radius 1 is 0.633 bits per heavy atom. The number of nitrogen functional groups attached to an aromatic ring is 2. The van der Waals surface area contributed by atoms with Crippen LogP contribution in [0.4, 0.5) is 11.8 Å². The summed E-state index contributed by atoms with van der Waals surface area (Å²) >= 11 is 3.56. The molecule has 10 N–H and O–H groups in total. The van der Waals surface area contributed by atoms with Crippen molar-refractivity contribution in [2.45, 2.75) is 41.5 Å². The Morgan fingerprint density at radius 2 is 0.967 bits per heavy atom. The molecule has 0 radical (unpaired) electrons. The average molecular weight is 455 g/mol. The van der Waals surface area contributed by atoms with Gasteiger partial charge in [-0.25, -0.2) is 0 Å². The highest BCUT2D eigenvalue weighted by Crippen LogP contribution is 2.09. The molecule has 0 amide bonds. The largest absolute Gasteiger partial charge is 0.449 e. The van der Waals surface area contributed by atoms with Gasteiger partial charge in [-0.05, 0) is 62.7 Å². The summed E-state index contributed by atoms with van der Waals surface area (Å²) in [5.74, 6) is 1.03. The molecule has 0 fully saturated rings. The summed E-state index contributed by atoms with van der Waals surface area (Å²) in [6.45, 7) is 12.0. The molecule has 0 aliphatic heterocycles. The van der Waals surface area contributed by atoms with Gasteiger partial charge in [0.05, 0.1) is 12.5 Å². The molecule has 4 aromatic rings. The number of hydrogen-bond donors (Lipinski definition) is 4. The van der Waals surface area contributed by atoms with Crippen LogP contribution in [0.15, 0.2) is 68.5 Å². The topological polar surface area (TPSA) is 148 Å². The maximum absolute atomic E-state index is 5.27. The van der Waals surface area contributed by atoms with E-state index >= 15 is 0 Å². The maximum atomic E-state index is 5.27. The van der Waals surface area contributed by atoms with Crippen molar-refractivity contribution >= 4 is 34.4 Å². The molecule has 0 aromatic carbocycles. The van der Waals surface area contributed by atoms with Gasteiger partial charge >= 0.3 is 0 Å². The molecule has 0 bridgehead atoms. The molecular weight excluding hydrogens is 416 g/mol. The predicted octanol–water partition coefficient (Wildman–Crippen LogP) is 7.80. The van der Waals surface area contributed by atoms with Crippen molar-refractivity contribution in [1.82, 2.24) is 12.3 Å². The Morgan fingerprint density at radius 3 is 1.03 bits per heavy atom. The Hall–Kier alpha value is -2.52. The maximum Gasteiger partial charge on any atom is 0.192 e. The van der Waals surface area contributed by atoms with Crippen LogP contribution in [0.25, 0.3) is 0 Å². The lowest BCUT2D eigenvalue weighted by molar-refractivity contribution is 0.586. The lowest BCUT2D eigenvalue weighted by atomic mass is 10.4. The van der Waals surface area contributed by atoms with E-state index < -0.39 is 0 Å². The molecule has 8 heteroatoms. The fraction of sp³-hybridized carbons (Fsp3) is 0.273. The number of thiophene rings is 2. The second-order valence-electron chi connectivity index (χ2n) is 5.38. The first-order valence-electron chi connectivity index (χ1n) is 8.99. The summed E-state index contributed by atoms with van der Waals surface area (Å²) < 4.78 is 9.48. The minimum Gasteiger partial charge on any atom is -0.449 e. The van der Waals surface area contributed by atoms with Crippen LogP contribution in [0.1, 0.15) is 34.7 Å². The van der Waals surface area contributed by atoms with Gasteiger partial charge in [0.1, 0.15) is 0 Å². The van der Waals surface area contributed by atoms with Gasteiger partial charge in [0.15, 0.2) is 11.8 Å². The number of aryl methyl sites for hydroxylation is 4. The molecule has 0 aliphatic carbocycles. The van der Waals surface area contributed by atoms with Crippen LogP contribution < -0.4 is 23.8 Å². The van der Waals surface area contributed by atoms with Crippen LogP contribution in [0, 0.1) is 27.7 Å². The molecule has 0 unspecified atom stereocenters. The molecule has 0 saturated heterocycles. The SMILES string of the molecule is CC.Cc1cccs1.Cc1cccs1.Cc1ccoc1N.Cc1ccoc1N.N.N. The highest BCUT2D eigenvalue weighted by Gasteiger charge is 1.90. The van der Waals surface area contributed by atoms with E-state index in [1.54, 1.807) is 35.2 Å². The van der Waals surface area contributed by atoms with Crippen LogP contribution >= 0.6 is 22.7 Å². The summed E-state index contributed by atoms with van der Waals surface area (Å²) in [5.41, 5.74) is 12.5. The summed E-state index contributed by atoms with van der Waals surface area (Å²) in [4.78, 5) is 2.77. The van der Waals surface area contributed by atoms with Crippen molar-refractivity contribution in [3.63, 3.8) is 0 Å². The predicted molar refractivity (Wildman–Crippen MR) is 135 cm³/mol. The monoisotopic (exact) mass is 454 g/mol. The van der Waals surface area contributed by atoms with E-state index in [-0.39, 0.29) is 12.3 Å². The Kier molecular flexibility index (Phi) is 21.2. The van der Waals surface area contributed by atoms with E-state index in [0.29, 0.717) is 11.8 Å². The zero-order valence-electron chi connectivity index (χ0n) is 19.0. The van der Waals surface area contributed by atoms with Crippen molar-refractivity contribution in [2.75, 3.05) is 11.5 Å². The zero-order valence-corrected chi connectivity index (χ0v) is 20.6. The fourth-order valence-corrected chi connectivity index (χ4v) is 2.55. The first kappa shape index (κ1) is 32.2. The molecule has 4 heterocycles. The number of nitrogens with two attached hydrogens (primary N) is 2. The van der Waals surface area contributed by atoms with Crippen molar-refractivity contribution in [3.05, 3.63) is 80.6 Å². The van der Waals surface area contributed by atoms with Gasteiger partial charge in [-0.3, -0.25) is 0 Å². The van der Waals surface area contributed by atoms with Crippen molar-refractivity contribution in [3.8, 4) is 0 Å². The van der Waals surface area contributed by atoms with E-state index in [4.69, 9.17) is 20.3 Å². The Bertz CT molecular complexity index is 720. The van der Waals surface area contributed by atoms with Gasteiger partial charge < -0.3 is 32.6 Å². The third kappa shape index (κ3) is 15.4. The quantitative estimate of drug-likeness (QED) is 0.213. The van der Waals surface area contributed by atoms with Gasteiger partial charge in [0.2, 0.25) is 0 Å². The van der Waals surface area contributed by atoms with E-state index in [9.17, 15) is 0 Å². The van der Waals surface area contributed by atoms with E-state index in [2.05, 4.69) is 48.9 Å². The van der Waals surface area contributed by atoms with Gasteiger partial charge in [0, 0.05) is 20.9 Å². The highest BCUT2D eigenvalue weighted by atomic mass is 32.1. The van der Waals surface area contributed by atoms with Gasteiger partial charge in [-0.2, -0.15) is 0 Å². The first-order valence-corrected chi connectivity index (χ1v) is 10.8. The van der Waals surface area contributed by atoms with E-state index in [1.165, 1.54) is 9.75 Å². The molecule has 0 spiro atoms. The molecule has 4 rings (SSSR count). The third-order valence-electron chi connectivity index (χ3n) is 3.13. The standard InChI is InChI=1S/2C5H7NO.2C5H6S.C2H6.2H3N/c2*1-4-2-3-7-5(4)6;2*1-5-3-2-4-6-5;1-2;;/h2*2-3H,6H2,1H3;2*2-4H,1H3;1-2H3;2*1H3. The van der Waals surface area contributed by atoms with Crippen molar-refractivity contribution in [1.29, 1.82) is 0 Å². The zero-order chi connectivity index (χ0) is 21.4. The molecule has 0 saturated carbocycles. The smallest absolute Gasteiger partial charge is 0.192 e. The van der Waals surface area contributed by atoms with Gasteiger partial charge in [-0.15, -0.1) is 22.7 Å². The second-order valence-corrected chi connectivity index (χ2v) is 7.69. The van der Waals surface area contributed by atoms with E-state index in [1.807, 2.05) is 39.8 Å². The Balaban J connectivity index is -0.000000309. The number of hydrogen-bond acceptors (Lipinski definition) is 8. The molecule has 4 aromatic heterocycles. The van der Waals surface area contributed by atoms with Crippen LogP contribution in [-0.2, 0) is 0 Å². The number of rotatable bonds is 0.